The first-order valence-electron chi connectivity index (χ1n) is 6.91. The van der Waals surface area contributed by atoms with Gasteiger partial charge in [0.2, 0.25) is 5.88 Å². The van der Waals surface area contributed by atoms with Gasteiger partial charge in [0.25, 0.3) is 11.5 Å². The van der Waals surface area contributed by atoms with Crippen LogP contribution >= 0.6 is 0 Å². The lowest BCUT2D eigenvalue weighted by Gasteiger charge is -2.16. The van der Waals surface area contributed by atoms with Gasteiger partial charge in [0.1, 0.15) is 11.8 Å². The molecule has 1 atom stereocenters. The van der Waals surface area contributed by atoms with Crippen molar-refractivity contribution in [3.8, 4) is 5.88 Å². The number of hydrogen-bond donors (Lipinski definition) is 0. The summed E-state index contributed by atoms with van der Waals surface area (Å²) in [4.78, 5) is 25.3. The summed E-state index contributed by atoms with van der Waals surface area (Å²) in [5.41, 5.74) is 0.00378. The maximum absolute atomic E-state index is 12.4. The molecule has 2 aromatic heterocycles. The zero-order valence-electron chi connectivity index (χ0n) is 12.0. The van der Waals surface area contributed by atoms with Crippen molar-refractivity contribution in [1.29, 1.82) is 0 Å². The molecule has 0 aliphatic carbocycles. The summed E-state index contributed by atoms with van der Waals surface area (Å²) in [5, 5.41) is 11.6. The Hall–Kier alpha value is -2.77. The minimum atomic E-state index is -0.248. The van der Waals surface area contributed by atoms with Crippen LogP contribution < -0.4 is 10.3 Å². The molecule has 1 aliphatic heterocycles. The van der Waals surface area contributed by atoms with E-state index in [4.69, 9.17) is 4.74 Å². The van der Waals surface area contributed by atoms with Crippen molar-refractivity contribution < 1.29 is 9.53 Å². The van der Waals surface area contributed by atoms with Gasteiger partial charge in [-0.05, 0) is 12.1 Å². The molecule has 1 saturated heterocycles. The molecule has 3 rings (SSSR count). The standard InChI is InChI=1S/C14H15N5O3/c1-18-13(20)5-4-11(17-18)14(21)19-8-6-10(9-19)22-12-3-2-7-15-16-12/h2-5,7,10H,6,8-9H2,1H3/t10-/m0/s1. The van der Waals surface area contributed by atoms with Crippen molar-refractivity contribution in [2.75, 3.05) is 13.1 Å². The van der Waals surface area contributed by atoms with Crippen LogP contribution in [0.2, 0.25) is 0 Å². The SMILES string of the molecule is Cn1nc(C(=O)N2CC[C@H](Oc3cccnn3)C2)ccc1=O. The molecule has 0 saturated carbocycles. The molecule has 2 aromatic rings. The molecular weight excluding hydrogens is 286 g/mol. The fourth-order valence-corrected chi connectivity index (χ4v) is 2.31. The van der Waals surface area contributed by atoms with Gasteiger partial charge < -0.3 is 9.64 Å². The zero-order chi connectivity index (χ0) is 15.5. The molecule has 0 unspecified atom stereocenters. The Labute approximate surface area is 126 Å². The Morgan fingerprint density at radius 1 is 1.36 bits per heavy atom. The maximum Gasteiger partial charge on any atom is 0.274 e. The molecule has 8 heteroatoms. The van der Waals surface area contributed by atoms with Crippen LogP contribution in [0.15, 0.2) is 35.3 Å². The minimum absolute atomic E-state index is 0.117. The van der Waals surface area contributed by atoms with Crippen molar-refractivity contribution >= 4 is 5.91 Å². The molecule has 8 nitrogen and oxygen atoms in total. The smallest absolute Gasteiger partial charge is 0.274 e. The molecule has 1 aliphatic rings. The predicted octanol–water partition coefficient (Wildman–Crippen LogP) is -0.136. The molecular formula is C14H15N5O3. The Morgan fingerprint density at radius 2 is 2.23 bits per heavy atom. The van der Waals surface area contributed by atoms with E-state index in [0.29, 0.717) is 25.4 Å². The van der Waals surface area contributed by atoms with Crippen LogP contribution in [0.3, 0.4) is 0 Å². The number of ether oxygens (including phenoxy) is 1. The van der Waals surface area contributed by atoms with Crippen LogP contribution in [0.4, 0.5) is 0 Å². The Kier molecular flexibility index (Phi) is 3.82. The second-order valence-corrected chi connectivity index (χ2v) is 5.02. The average molecular weight is 301 g/mol. The van der Waals surface area contributed by atoms with Crippen molar-refractivity contribution in [3.05, 3.63) is 46.5 Å². The third-order valence-electron chi connectivity index (χ3n) is 3.45. The summed E-state index contributed by atoms with van der Waals surface area (Å²) in [7, 11) is 1.52. The Balaban J connectivity index is 1.65. The summed E-state index contributed by atoms with van der Waals surface area (Å²) in [6.45, 7) is 1.04. The lowest BCUT2D eigenvalue weighted by Crippen LogP contribution is -2.33. The number of aromatic nitrogens is 4. The van der Waals surface area contributed by atoms with Gasteiger partial charge in [0, 0.05) is 38.3 Å². The van der Waals surface area contributed by atoms with Crippen LogP contribution in [0, 0.1) is 0 Å². The van der Waals surface area contributed by atoms with Crippen molar-refractivity contribution in [2.45, 2.75) is 12.5 Å². The number of carbonyl (C=O) groups is 1. The largest absolute Gasteiger partial charge is 0.471 e. The normalized spacial score (nSPS) is 17.5. The summed E-state index contributed by atoms with van der Waals surface area (Å²) >= 11 is 0. The highest BCUT2D eigenvalue weighted by molar-refractivity contribution is 5.92. The molecule has 22 heavy (non-hydrogen) atoms. The minimum Gasteiger partial charge on any atom is -0.471 e. The molecule has 1 amide bonds. The van der Waals surface area contributed by atoms with Crippen molar-refractivity contribution in [3.63, 3.8) is 0 Å². The second kappa shape index (κ2) is 5.92. The van der Waals surface area contributed by atoms with Crippen LogP contribution in [-0.4, -0.2) is 50.0 Å². The third kappa shape index (κ3) is 2.95. The van der Waals surface area contributed by atoms with E-state index in [1.165, 1.54) is 19.2 Å². The van der Waals surface area contributed by atoms with Gasteiger partial charge in [-0.3, -0.25) is 9.59 Å². The van der Waals surface area contributed by atoms with Crippen molar-refractivity contribution in [1.82, 2.24) is 24.9 Å². The lowest BCUT2D eigenvalue weighted by atomic mass is 10.3. The van der Waals surface area contributed by atoms with E-state index in [1.807, 2.05) is 0 Å². The Bertz CT molecular complexity index is 731. The fourth-order valence-electron chi connectivity index (χ4n) is 2.31. The first kappa shape index (κ1) is 14.2. The molecule has 1 fully saturated rings. The van der Waals surface area contributed by atoms with Crippen LogP contribution in [0.5, 0.6) is 5.88 Å². The van der Waals surface area contributed by atoms with Crippen LogP contribution in [-0.2, 0) is 7.05 Å². The van der Waals surface area contributed by atoms with E-state index >= 15 is 0 Å². The van der Waals surface area contributed by atoms with Gasteiger partial charge in [-0.2, -0.15) is 10.2 Å². The molecule has 0 N–H and O–H groups in total. The molecule has 3 heterocycles. The number of aryl methyl sites for hydroxylation is 1. The quantitative estimate of drug-likeness (QED) is 0.784. The van der Waals surface area contributed by atoms with Crippen molar-refractivity contribution in [2.24, 2.45) is 7.05 Å². The Morgan fingerprint density at radius 3 is 2.95 bits per heavy atom. The molecule has 0 spiro atoms. The van der Waals surface area contributed by atoms with E-state index < -0.39 is 0 Å². The number of likely N-dealkylation sites (tertiary alicyclic amines) is 1. The van der Waals surface area contributed by atoms with E-state index in [2.05, 4.69) is 15.3 Å². The highest BCUT2D eigenvalue weighted by Gasteiger charge is 2.29. The topological polar surface area (TPSA) is 90.2 Å². The number of hydrogen-bond acceptors (Lipinski definition) is 6. The average Bonchev–Trinajstić information content (AvgIpc) is 2.99. The van der Waals surface area contributed by atoms with Gasteiger partial charge >= 0.3 is 0 Å². The van der Waals surface area contributed by atoms with Gasteiger partial charge in [0.05, 0.1) is 6.54 Å². The van der Waals surface area contributed by atoms with Crippen LogP contribution in [0.1, 0.15) is 16.9 Å². The second-order valence-electron chi connectivity index (χ2n) is 5.02. The summed E-state index contributed by atoms with van der Waals surface area (Å²) in [6.07, 6.45) is 2.17. The van der Waals surface area contributed by atoms with E-state index in [9.17, 15) is 9.59 Å². The number of carbonyl (C=O) groups excluding carboxylic acids is 1. The highest BCUT2D eigenvalue weighted by atomic mass is 16.5. The molecule has 114 valence electrons. The summed E-state index contributed by atoms with van der Waals surface area (Å²) in [6, 6.07) is 6.26. The van der Waals surface area contributed by atoms with Gasteiger partial charge in [-0.15, -0.1) is 5.10 Å². The monoisotopic (exact) mass is 301 g/mol. The van der Waals surface area contributed by atoms with Gasteiger partial charge in [0.15, 0.2) is 0 Å². The first-order chi connectivity index (χ1) is 10.6. The lowest BCUT2D eigenvalue weighted by molar-refractivity contribution is 0.0762. The predicted molar refractivity (Wildman–Crippen MR) is 76.4 cm³/mol. The maximum atomic E-state index is 12.4. The third-order valence-corrected chi connectivity index (χ3v) is 3.45. The fraction of sp³-hybridized carbons (Fsp3) is 0.357. The summed E-state index contributed by atoms with van der Waals surface area (Å²) in [5.74, 6) is 0.239. The number of amides is 1. The molecule has 0 aromatic carbocycles. The van der Waals surface area contributed by atoms with Gasteiger partial charge in [-0.25, -0.2) is 4.68 Å². The van der Waals surface area contributed by atoms with Gasteiger partial charge in [-0.1, -0.05) is 0 Å². The number of rotatable bonds is 3. The zero-order valence-corrected chi connectivity index (χ0v) is 12.0. The molecule has 0 bridgehead atoms. The van der Waals surface area contributed by atoms with E-state index in [1.54, 1.807) is 23.2 Å². The van der Waals surface area contributed by atoms with E-state index in [-0.39, 0.29) is 23.3 Å². The highest BCUT2D eigenvalue weighted by Crippen LogP contribution is 2.17. The first-order valence-corrected chi connectivity index (χ1v) is 6.91. The number of nitrogens with zero attached hydrogens (tertiary/aromatic N) is 5. The van der Waals surface area contributed by atoms with E-state index in [0.717, 1.165) is 4.68 Å². The molecule has 0 radical (unpaired) electrons. The van der Waals surface area contributed by atoms with Crippen LogP contribution in [0.25, 0.3) is 0 Å². The summed E-state index contributed by atoms with van der Waals surface area (Å²) < 4.78 is 6.84.